The standard InChI is InChI=1S/C11H20N2S/c1-8(2)11(5,13-9(3)4)10-12-6-7-14-10/h6-9,13H,1-5H3. The third-order valence-corrected chi connectivity index (χ3v) is 3.63. The van der Waals surface area contributed by atoms with Gasteiger partial charge in [0, 0.05) is 17.6 Å². The molecular formula is C11H20N2S. The van der Waals surface area contributed by atoms with Crippen LogP contribution in [-0.2, 0) is 5.54 Å². The molecule has 1 heterocycles. The Balaban J connectivity index is 2.93. The van der Waals surface area contributed by atoms with E-state index in [4.69, 9.17) is 0 Å². The minimum absolute atomic E-state index is 0.00231. The summed E-state index contributed by atoms with van der Waals surface area (Å²) in [7, 11) is 0. The molecule has 0 aliphatic heterocycles. The first kappa shape index (κ1) is 11.7. The largest absolute Gasteiger partial charge is 0.303 e. The van der Waals surface area contributed by atoms with Crippen molar-refractivity contribution < 1.29 is 0 Å². The molecule has 0 saturated heterocycles. The van der Waals surface area contributed by atoms with Crippen molar-refractivity contribution in [3.05, 3.63) is 16.6 Å². The number of nitrogens with zero attached hydrogens (tertiary/aromatic N) is 1. The van der Waals surface area contributed by atoms with E-state index in [0.29, 0.717) is 12.0 Å². The van der Waals surface area contributed by atoms with Crippen LogP contribution in [0.4, 0.5) is 0 Å². The third kappa shape index (κ3) is 2.34. The molecule has 0 radical (unpaired) electrons. The average Bonchev–Trinajstić information content (AvgIpc) is 2.53. The van der Waals surface area contributed by atoms with Gasteiger partial charge in [0.25, 0.3) is 0 Å². The Morgan fingerprint density at radius 3 is 2.36 bits per heavy atom. The Morgan fingerprint density at radius 1 is 1.36 bits per heavy atom. The van der Waals surface area contributed by atoms with E-state index in [-0.39, 0.29) is 5.54 Å². The van der Waals surface area contributed by atoms with Crippen LogP contribution in [0.25, 0.3) is 0 Å². The molecule has 3 heteroatoms. The van der Waals surface area contributed by atoms with Crippen molar-refractivity contribution in [2.75, 3.05) is 0 Å². The molecule has 2 nitrogen and oxygen atoms in total. The van der Waals surface area contributed by atoms with Crippen LogP contribution in [-0.4, -0.2) is 11.0 Å². The van der Waals surface area contributed by atoms with Gasteiger partial charge in [0.2, 0.25) is 0 Å². The van der Waals surface area contributed by atoms with Crippen LogP contribution in [0.15, 0.2) is 11.6 Å². The van der Waals surface area contributed by atoms with Crippen LogP contribution in [0, 0.1) is 5.92 Å². The molecule has 1 aromatic heterocycles. The van der Waals surface area contributed by atoms with Crippen LogP contribution in [0.2, 0.25) is 0 Å². The average molecular weight is 212 g/mol. The van der Waals surface area contributed by atoms with Crippen LogP contribution in [0.3, 0.4) is 0 Å². The maximum Gasteiger partial charge on any atom is 0.113 e. The molecule has 0 bridgehead atoms. The molecule has 0 fully saturated rings. The van der Waals surface area contributed by atoms with Crippen molar-refractivity contribution in [3.8, 4) is 0 Å². The van der Waals surface area contributed by atoms with Crippen molar-refractivity contribution >= 4 is 11.3 Å². The van der Waals surface area contributed by atoms with Gasteiger partial charge < -0.3 is 5.32 Å². The molecule has 0 amide bonds. The summed E-state index contributed by atoms with van der Waals surface area (Å²) in [6, 6.07) is 0.478. The first-order valence-electron chi connectivity index (χ1n) is 5.14. The smallest absolute Gasteiger partial charge is 0.113 e. The number of hydrogen-bond donors (Lipinski definition) is 1. The number of aromatic nitrogens is 1. The van der Waals surface area contributed by atoms with Gasteiger partial charge in [-0.3, -0.25) is 0 Å². The molecule has 1 unspecified atom stereocenters. The monoisotopic (exact) mass is 212 g/mol. The molecule has 0 aliphatic carbocycles. The number of nitrogens with one attached hydrogen (secondary N) is 1. The van der Waals surface area contributed by atoms with Crippen molar-refractivity contribution in [2.24, 2.45) is 5.92 Å². The molecule has 1 N–H and O–H groups in total. The number of rotatable bonds is 4. The van der Waals surface area contributed by atoms with Gasteiger partial charge in [-0.2, -0.15) is 0 Å². The maximum atomic E-state index is 4.42. The van der Waals surface area contributed by atoms with E-state index in [1.807, 2.05) is 11.6 Å². The molecule has 1 rings (SSSR count). The molecule has 14 heavy (non-hydrogen) atoms. The zero-order valence-electron chi connectivity index (χ0n) is 9.66. The van der Waals surface area contributed by atoms with Gasteiger partial charge in [-0.1, -0.05) is 13.8 Å². The molecule has 1 atom stereocenters. The summed E-state index contributed by atoms with van der Waals surface area (Å²) in [6.45, 7) is 11.0. The molecule has 80 valence electrons. The highest BCUT2D eigenvalue weighted by Gasteiger charge is 2.32. The van der Waals surface area contributed by atoms with Gasteiger partial charge in [-0.25, -0.2) is 4.98 Å². The lowest BCUT2D eigenvalue weighted by Crippen LogP contribution is -2.47. The highest BCUT2D eigenvalue weighted by atomic mass is 32.1. The molecule has 0 aliphatic rings. The van der Waals surface area contributed by atoms with Crippen LogP contribution in [0.5, 0.6) is 0 Å². The summed E-state index contributed by atoms with van der Waals surface area (Å²) in [5.41, 5.74) is 0.00231. The zero-order valence-corrected chi connectivity index (χ0v) is 10.5. The summed E-state index contributed by atoms with van der Waals surface area (Å²) < 4.78 is 0. The Kier molecular flexibility index (Phi) is 3.67. The van der Waals surface area contributed by atoms with Crippen molar-refractivity contribution in [1.29, 1.82) is 0 Å². The summed E-state index contributed by atoms with van der Waals surface area (Å²) in [5, 5.41) is 6.83. The Bertz CT molecular complexity index is 267. The van der Waals surface area contributed by atoms with Gasteiger partial charge in [0.15, 0.2) is 0 Å². The molecule has 1 aromatic rings. The number of thiazole rings is 1. The fraction of sp³-hybridized carbons (Fsp3) is 0.727. The Hall–Kier alpha value is -0.410. The topological polar surface area (TPSA) is 24.9 Å². The first-order chi connectivity index (χ1) is 6.47. The molecule has 0 aromatic carbocycles. The van der Waals surface area contributed by atoms with Crippen LogP contribution in [0.1, 0.15) is 39.6 Å². The molecular weight excluding hydrogens is 192 g/mol. The molecule has 0 saturated carbocycles. The third-order valence-electron chi connectivity index (χ3n) is 2.62. The van der Waals surface area contributed by atoms with Crippen molar-refractivity contribution in [1.82, 2.24) is 10.3 Å². The fourth-order valence-electron chi connectivity index (χ4n) is 1.55. The summed E-state index contributed by atoms with van der Waals surface area (Å²) >= 11 is 1.73. The lowest BCUT2D eigenvalue weighted by atomic mass is 9.88. The van der Waals surface area contributed by atoms with Crippen molar-refractivity contribution in [2.45, 2.75) is 46.2 Å². The lowest BCUT2D eigenvalue weighted by Gasteiger charge is -2.35. The van der Waals surface area contributed by atoms with E-state index in [0.717, 1.165) is 0 Å². The highest BCUT2D eigenvalue weighted by molar-refractivity contribution is 7.09. The Labute approximate surface area is 90.8 Å². The minimum atomic E-state index is 0.00231. The lowest BCUT2D eigenvalue weighted by molar-refractivity contribution is 0.244. The second-order valence-corrected chi connectivity index (χ2v) is 5.39. The molecule has 0 spiro atoms. The fourth-order valence-corrected chi connectivity index (χ4v) is 2.47. The quantitative estimate of drug-likeness (QED) is 0.830. The van der Waals surface area contributed by atoms with E-state index in [1.54, 1.807) is 11.3 Å². The van der Waals surface area contributed by atoms with Gasteiger partial charge in [-0.15, -0.1) is 11.3 Å². The van der Waals surface area contributed by atoms with Crippen LogP contribution < -0.4 is 5.32 Å². The van der Waals surface area contributed by atoms with Crippen LogP contribution >= 0.6 is 11.3 Å². The summed E-state index contributed by atoms with van der Waals surface area (Å²) in [6.07, 6.45) is 1.88. The normalized spacial score (nSPS) is 16.2. The SMILES string of the molecule is CC(C)NC(C)(c1nccs1)C(C)C. The van der Waals surface area contributed by atoms with Gasteiger partial charge in [-0.05, 0) is 26.7 Å². The van der Waals surface area contributed by atoms with E-state index in [2.05, 4.69) is 44.9 Å². The van der Waals surface area contributed by atoms with E-state index in [9.17, 15) is 0 Å². The minimum Gasteiger partial charge on any atom is -0.303 e. The van der Waals surface area contributed by atoms with Gasteiger partial charge in [0.1, 0.15) is 5.01 Å². The van der Waals surface area contributed by atoms with E-state index >= 15 is 0 Å². The highest BCUT2D eigenvalue weighted by Crippen LogP contribution is 2.30. The van der Waals surface area contributed by atoms with Crippen molar-refractivity contribution in [3.63, 3.8) is 0 Å². The van der Waals surface area contributed by atoms with E-state index in [1.165, 1.54) is 5.01 Å². The van der Waals surface area contributed by atoms with Gasteiger partial charge in [0.05, 0.1) is 5.54 Å². The first-order valence-corrected chi connectivity index (χ1v) is 6.02. The summed E-state index contributed by atoms with van der Waals surface area (Å²) in [4.78, 5) is 4.42. The number of hydrogen-bond acceptors (Lipinski definition) is 3. The van der Waals surface area contributed by atoms with E-state index < -0.39 is 0 Å². The second-order valence-electron chi connectivity index (χ2n) is 4.49. The maximum absolute atomic E-state index is 4.42. The second kappa shape index (κ2) is 4.41. The predicted octanol–water partition coefficient (Wildman–Crippen LogP) is 3.01. The predicted molar refractivity (Wildman–Crippen MR) is 62.6 cm³/mol. The van der Waals surface area contributed by atoms with Gasteiger partial charge >= 0.3 is 0 Å². The Morgan fingerprint density at radius 2 is 2.00 bits per heavy atom. The zero-order chi connectivity index (χ0) is 10.8. The summed E-state index contributed by atoms with van der Waals surface area (Å²) in [5.74, 6) is 0.538.